The van der Waals surface area contributed by atoms with Gasteiger partial charge in [-0.25, -0.2) is 0 Å². The Morgan fingerprint density at radius 1 is 1.30 bits per heavy atom. The normalized spacial score (nSPS) is 11.7. The van der Waals surface area contributed by atoms with Gasteiger partial charge >= 0.3 is 0 Å². The van der Waals surface area contributed by atoms with Gasteiger partial charge in [0, 0.05) is 6.54 Å². The summed E-state index contributed by atoms with van der Waals surface area (Å²) < 4.78 is 5.34. The summed E-state index contributed by atoms with van der Waals surface area (Å²) in [6.45, 7) is 3.02. The highest BCUT2D eigenvalue weighted by atomic mass is 16.5. The molecule has 0 aliphatic rings. The van der Waals surface area contributed by atoms with Crippen molar-refractivity contribution in [1.29, 1.82) is 0 Å². The number of carbonyl (C=O) groups excluding carboxylic acids is 2. The van der Waals surface area contributed by atoms with Crippen molar-refractivity contribution >= 4 is 11.8 Å². The molecule has 0 aliphatic carbocycles. The van der Waals surface area contributed by atoms with Crippen molar-refractivity contribution < 1.29 is 14.3 Å². The van der Waals surface area contributed by atoms with Crippen LogP contribution in [0.2, 0.25) is 0 Å². The fraction of sp³-hybridized carbons (Fsp3) is 0.429. The number of ether oxygens (including phenoxy) is 1. The average Bonchev–Trinajstić information content (AvgIpc) is 2.40. The average molecular weight is 279 g/mol. The third-order valence-electron chi connectivity index (χ3n) is 2.71. The van der Waals surface area contributed by atoms with Crippen LogP contribution in [0.15, 0.2) is 24.3 Å². The molecule has 0 saturated heterocycles. The van der Waals surface area contributed by atoms with Gasteiger partial charge in [-0.05, 0) is 31.0 Å². The number of rotatable bonds is 8. The van der Waals surface area contributed by atoms with Crippen LogP contribution in [-0.2, 0) is 16.0 Å². The fourth-order valence-electron chi connectivity index (χ4n) is 1.69. The molecular formula is C14H21N3O3. The zero-order valence-corrected chi connectivity index (χ0v) is 11.6. The molecule has 20 heavy (non-hydrogen) atoms. The van der Waals surface area contributed by atoms with Crippen LogP contribution >= 0.6 is 0 Å². The van der Waals surface area contributed by atoms with Gasteiger partial charge in [0.2, 0.25) is 11.8 Å². The van der Waals surface area contributed by atoms with E-state index in [4.69, 9.17) is 16.2 Å². The van der Waals surface area contributed by atoms with Crippen molar-refractivity contribution in [2.45, 2.75) is 25.8 Å². The van der Waals surface area contributed by atoms with Crippen LogP contribution in [0.1, 0.15) is 18.9 Å². The van der Waals surface area contributed by atoms with Crippen LogP contribution in [0.4, 0.5) is 0 Å². The van der Waals surface area contributed by atoms with Crippen molar-refractivity contribution in [3.8, 4) is 5.75 Å². The Morgan fingerprint density at radius 3 is 2.50 bits per heavy atom. The summed E-state index contributed by atoms with van der Waals surface area (Å²) in [6.07, 6.45) is 0.538. The Labute approximate surface area is 118 Å². The first-order chi connectivity index (χ1) is 9.52. The van der Waals surface area contributed by atoms with Gasteiger partial charge in [-0.15, -0.1) is 0 Å². The predicted molar refractivity (Wildman–Crippen MR) is 76.1 cm³/mol. The quantitative estimate of drug-likeness (QED) is 0.620. The lowest BCUT2D eigenvalue weighted by Gasteiger charge is -2.10. The van der Waals surface area contributed by atoms with E-state index in [0.29, 0.717) is 19.6 Å². The summed E-state index contributed by atoms with van der Waals surface area (Å²) in [7, 11) is 0. The SMILES string of the molecule is CCOc1ccc(CCNC(=O)[C@H](N)CC(N)=O)cc1. The summed E-state index contributed by atoms with van der Waals surface area (Å²) in [5.41, 5.74) is 11.6. The van der Waals surface area contributed by atoms with Gasteiger partial charge in [-0.2, -0.15) is 0 Å². The van der Waals surface area contributed by atoms with E-state index in [2.05, 4.69) is 5.32 Å². The van der Waals surface area contributed by atoms with Gasteiger partial charge in [0.1, 0.15) is 5.75 Å². The second-order valence-electron chi connectivity index (χ2n) is 4.39. The molecule has 6 nitrogen and oxygen atoms in total. The third kappa shape index (κ3) is 5.71. The number of amides is 2. The first-order valence-corrected chi connectivity index (χ1v) is 6.56. The van der Waals surface area contributed by atoms with E-state index in [-0.39, 0.29) is 12.3 Å². The number of nitrogens with one attached hydrogen (secondary N) is 1. The van der Waals surface area contributed by atoms with Crippen LogP contribution in [0.3, 0.4) is 0 Å². The second kappa shape index (κ2) is 8.16. The zero-order valence-electron chi connectivity index (χ0n) is 11.6. The fourth-order valence-corrected chi connectivity index (χ4v) is 1.69. The Balaban J connectivity index is 2.33. The Hall–Kier alpha value is -2.08. The van der Waals surface area contributed by atoms with Gasteiger partial charge in [0.05, 0.1) is 19.1 Å². The molecule has 1 aromatic rings. The van der Waals surface area contributed by atoms with Crippen LogP contribution < -0.4 is 21.5 Å². The maximum absolute atomic E-state index is 11.5. The minimum Gasteiger partial charge on any atom is -0.494 e. The standard InChI is InChI=1S/C14H21N3O3/c1-2-20-11-5-3-10(4-6-11)7-8-17-14(19)12(15)9-13(16)18/h3-6,12H,2,7-9,15H2,1H3,(H2,16,18)(H,17,19)/t12-/m1/s1. The van der Waals surface area contributed by atoms with Crippen molar-refractivity contribution in [2.24, 2.45) is 11.5 Å². The molecule has 110 valence electrons. The zero-order chi connectivity index (χ0) is 15.0. The first kappa shape index (κ1) is 16.0. The van der Waals surface area contributed by atoms with Gasteiger partial charge < -0.3 is 21.5 Å². The van der Waals surface area contributed by atoms with Crippen molar-refractivity contribution in [3.63, 3.8) is 0 Å². The number of benzene rings is 1. The van der Waals surface area contributed by atoms with Gasteiger partial charge in [-0.1, -0.05) is 12.1 Å². The number of nitrogens with two attached hydrogens (primary N) is 2. The molecular weight excluding hydrogens is 258 g/mol. The lowest BCUT2D eigenvalue weighted by molar-refractivity contribution is -0.126. The molecule has 5 N–H and O–H groups in total. The minimum atomic E-state index is -0.882. The lowest BCUT2D eigenvalue weighted by Crippen LogP contribution is -2.43. The van der Waals surface area contributed by atoms with Crippen molar-refractivity contribution in [1.82, 2.24) is 5.32 Å². The minimum absolute atomic E-state index is 0.144. The Bertz CT molecular complexity index is 445. The number of carbonyl (C=O) groups is 2. The predicted octanol–water partition coefficient (Wildman–Crippen LogP) is -0.0533. The first-order valence-electron chi connectivity index (χ1n) is 6.56. The molecule has 0 unspecified atom stereocenters. The van der Waals surface area contributed by atoms with E-state index >= 15 is 0 Å². The molecule has 1 rings (SSSR count). The van der Waals surface area contributed by atoms with Crippen LogP contribution in [0.25, 0.3) is 0 Å². The molecule has 0 fully saturated rings. The number of primary amides is 1. The Morgan fingerprint density at radius 2 is 1.95 bits per heavy atom. The van der Waals surface area contributed by atoms with Crippen molar-refractivity contribution in [2.75, 3.05) is 13.2 Å². The van der Waals surface area contributed by atoms with E-state index in [1.165, 1.54) is 0 Å². The Kier molecular flexibility index (Phi) is 6.52. The topological polar surface area (TPSA) is 107 Å². The van der Waals surface area contributed by atoms with Gasteiger partial charge in [-0.3, -0.25) is 9.59 Å². The maximum Gasteiger partial charge on any atom is 0.237 e. The monoisotopic (exact) mass is 279 g/mol. The van der Waals surface area contributed by atoms with Crippen molar-refractivity contribution in [3.05, 3.63) is 29.8 Å². The maximum atomic E-state index is 11.5. The van der Waals surface area contributed by atoms with Crippen LogP contribution in [0, 0.1) is 0 Å². The molecule has 6 heteroatoms. The van der Waals surface area contributed by atoms with E-state index in [0.717, 1.165) is 11.3 Å². The van der Waals surface area contributed by atoms with E-state index in [1.807, 2.05) is 31.2 Å². The van der Waals surface area contributed by atoms with E-state index in [9.17, 15) is 9.59 Å². The summed E-state index contributed by atoms with van der Waals surface area (Å²) in [5, 5.41) is 2.67. The molecule has 0 radical (unpaired) electrons. The summed E-state index contributed by atoms with van der Waals surface area (Å²) >= 11 is 0. The molecule has 1 atom stereocenters. The molecule has 0 aliphatic heterocycles. The largest absolute Gasteiger partial charge is 0.494 e. The highest BCUT2D eigenvalue weighted by Gasteiger charge is 2.14. The van der Waals surface area contributed by atoms with Crippen LogP contribution in [-0.4, -0.2) is 31.0 Å². The molecule has 0 bridgehead atoms. The molecule has 0 aromatic heterocycles. The summed E-state index contributed by atoms with van der Waals surface area (Å²) in [4.78, 5) is 22.2. The summed E-state index contributed by atoms with van der Waals surface area (Å²) in [6, 6.07) is 6.78. The highest BCUT2D eigenvalue weighted by molar-refractivity contribution is 5.87. The molecule has 0 saturated carbocycles. The molecule has 0 heterocycles. The summed E-state index contributed by atoms with van der Waals surface area (Å²) in [5.74, 6) is -0.127. The number of hydrogen-bond acceptors (Lipinski definition) is 4. The van der Waals surface area contributed by atoms with Gasteiger partial charge in [0.25, 0.3) is 0 Å². The van der Waals surface area contributed by atoms with E-state index < -0.39 is 11.9 Å². The highest BCUT2D eigenvalue weighted by Crippen LogP contribution is 2.12. The molecule has 1 aromatic carbocycles. The molecule has 0 spiro atoms. The lowest BCUT2D eigenvalue weighted by atomic mass is 10.1. The molecule has 2 amide bonds. The van der Waals surface area contributed by atoms with Crippen LogP contribution in [0.5, 0.6) is 5.75 Å². The smallest absolute Gasteiger partial charge is 0.237 e. The van der Waals surface area contributed by atoms with Gasteiger partial charge in [0.15, 0.2) is 0 Å². The number of hydrogen-bond donors (Lipinski definition) is 3. The van der Waals surface area contributed by atoms with E-state index in [1.54, 1.807) is 0 Å². The second-order valence-corrected chi connectivity index (χ2v) is 4.39. The third-order valence-corrected chi connectivity index (χ3v) is 2.71.